The maximum absolute atomic E-state index is 12.2. The quantitative estimate of drug-likeness (QED) is 0.499. The molecule has 7 heteroatoms. The Labute approximate surface area is 197 Å². The zero-order valence-electron chi connectivity index (χ0n) is 18.1. The van der Waals surface area contributed by atoms with E-state index in [0.717, 1.165) is 58.7 Å². The molecule has 168 valence electrons. The van der Waals surface area contributed by atoms with Crippen molar-refractivity contribution in [2.24, 2.45) is 4.99 Å². The first-order chi connectivity index (χ1) is 16.2. The van der Waals surface area contributed by atoms with Crippen molar-refractivity contribution in [3.05, 3.63) is 84.4 Å². The lowest BCUT2D eigenvalue weighted by molar-refractivity contribution is -0.138. The summed E-state index contributed by atoms with van der Waals surface area (Å²) in [7, 11) is 0. The third-order valence-electron chi connectivity index (χ3n) is 6.07. The fourth-order valence-electron chi connectivity index (χ4n) is 4.50. The molecule has 0 saturated carbocycles. The van der Waals surface area contributed by atoms with Gasteiger partial charge in [0.25, 0.3) is 0 Å². The highest BCUT2D eigenvalue weighted by molar-refractivity contribution is 7.99. The number of anilines is 2. The van der Waals surface area contributed by atoms with Gasteiger partial charge in [-0.1, -0.05) is 42.1 Å². The first kappa shape index (κ1) is 21.4. The van der Waals surface area contributed by atoms with Gasteiger partial charge in [0.1, 0.15) is 6.04 Å². The minimum absolute atomic E-state index is 0.00438. The molecule has 0 aromatic heterocycles. The van der Waals surface area contributed by atoms with Gasteiger partial charge in [0.2, 0.25) is 0 Å². The standard InChI is InChI=1S/C26H26N4O2S/c31-25(32)24-23(18-4-2-1-3-5-18)14-17-30(24)20-8-12-22(13-9-20)33-21-10-6-19(7-11-21)29-26-27-15-16-28-26/h1-13,23-24H,14-17H2,(H,31,32)(H2,27,28,29)/t23?,24-/m0/s1. The molecule has 2 heterocycles. The van der Waals surface area contributed by atoms with Gasteiger partial charge in [-0.25, -0.2) is 4.79 Å². The molecule has 0 radical (unpaired) electrons. The highest BCUT2D eigenvalue weighted by Gasteiger charge is 2.40. The smallest absolute Gasteiger partial charge is 0.326 e. The molecular weight excluding hydrogens is 432 g/mol. The summed E-state index contributed by atoms with van der Waals surface area (Å²) in [5, 5.41) is 16.5. The molecule has 0 aliphatic carbocycles. The summed E-state index contributed by atoms with van der Waals surface area (Å²) in [6.07, 6.45) is 0.833. The van der Waals surface area contributed by atoms with Crippen LogP contribution in [0.4, 0.5) is 11.4 Å². The number of guanidine groups is 1. The molecule has 5 rings (SSSR count). The molecule has 1 saturated heterocycles. The number of carbonyl (C=O) groups is 1. The third kappa shape index (κ3) is 4.83. The van der Waals surface area contributed by atoms with Crippen LogP contribution in [0.1, 0.15) is 17.9 Å². The van der Waals surface area contributed by atoms with Crippen molar-refractivity contribution in [2.75, 3.05) is 29.9 Å². The van der Waals surface area contributed by atoms with Gasteiger partial charge in [-0.15, -0.1) is 0 Å². The molecule has 3 aromatic rings. The monoisotopic (exact) mass is 458 g/mol. The van der Waals surface area contributed by atoms with E-state index in [1.807, 2.05) is 59.5 Å². The molecule has 0 spiro atoms. The summed E-state index contributed by atoms with van der Waals surface area (Å²) in [5.74, 6) is 0.0459. The molecule has 3 N–H and O–H groups in total. The van der Waals surface area contributed by atoms with Gasteiger partial charge >= 0.3 is 5.97 Å². The van der Waals surface area contributed by atoms with Gasteiger partial charge < -0.3 is 20.6 Å². The number of nitrogens with zero attached hydrogens (tertiary/aromatic N) is 2. The lowest BCUT2D eigenvalue weighted by Crippen LogP contribution is -2.39. The Kier molecular flexibility index (Phi) is 6.21. The van der Waals surface area contributed by atoms with Gasteiger partial charge in [0.15, 0.2) is 5.96 Å². The van der Waals surface area contributed by atoms with Crippen molar-refractivity contribution in [2.45, 2.75) is 28.2 Å². The molecular formula is C26H26N4O2S. The number of carboxylic acids is 1. The number of hydrogen-bond donors (Lipinski definition) is 3. The Hall–Kier alpha value is -3.45. The van der Waals surface area contributed by atoms with E-state index < -0.39 is 12.0 Å². The van der Waals surface area contributed by atoms with Crippen molar-refractivity contribution >= 4 is 35.1 Å². The average Bonchev–Trinajstić information content (AvgIpc) is 3.52. The molecule has 6 nitrogen and oxygen atoms in total. The zero-order chi connectivity index (χ0) is 22.6. The summed E-state index contributed by atoms with van der Waals surface area (Å²) in [6, 6.07) is 25.9. The van der Waals surface area contributed by atoms with Crippen molar-refractivity contribution in [3.63, 3.8) is 0 Å². The van der Waals surface area contributed by atoms with Crippen LogP contribution in [0.3, 0.4) is 0 Å². The summed E-state index contributed by atoms with van der Waals surface area (Å²) in [4.78, 5) is 20.8. The molecule has 3 aromatic carbocycles. The third-order valence-corrected chi connectivity index (χ3v) is 7.09. The predicted molar refractivity (Wildman–Crippen MR) is 134 cm³/mol. The van der Waals surface area contributed by atoms with Gasteiger partial charge in [-0.3, -0.25) is 4.99 Å². The number of aliphatic imine (C=N–C) groups is 1. The van der Waals surface area contributed by atoms with Gasteiger partial charge in [-0.2, -0.15) is 0 Å². The fourth-order valence-corrected chi connectivity index (χ4v) is 5.32. The summed E-state index contributed by atoms with van der Waals surface area (Å²) in [6.45, 7) is 2.42. The molecule has 0 bridgehead atoms. The maximum atomic E-state index is 12.2. The predicted octanol–water partition coefficient (Wildman–Crippen LogP) is 4.66. The Morgan fingerprint density at radius 2 is 1.70 bits per heavy atom. The van der Waals surface area contributed by atoms with Crippen LogP contribution in [0.15, 0.2) is 93.6 Å². The van der Waals surface area contributed by atoms with E-state index in [9.17, 15) is 9.90 Å². The van der Waals surface area contributed by atoms with Crippen LogP contribution < -0.4 is 15.5 Å². The Balaban J connectivity index is 1.26. The van der Waals surface area contributed by atoms with E-state index in [1.54, 1.807) is 11.8 Å². The molecule has 0 amide bonds. The van der Waals surface area contributed by atoms with E-state index in [1.165, 1.54) is 0 Å². The molecule has 1 fully saturated rings. The van der Waals surface area contributed by atoms with Crippen molar-refractivity contribution in [1.82, 2.24) is 5.32 Å². The zero-order valence-corrected chi connectivity index (χ0v) is 19.0. The second-order valence-corrected chi connectivity index (χ2v) is 9.33. The molecule has 1 unspecified atom stereocenters. The van der Waals surface area contributed by atoms with Crippen LogP contribution in [0.2, 0.25) is 0 Å². The molecule has 2 aliphatic rings. The molecule has 2 atom stereocenters. The van der Waals surface area contributed by atoms with E-state index in [0.29, 0.717) is 0 Å². The first-order valence-electron chi connectivity index (χ1n) is 11.1. The number of nitrogens with one attached hydrogen (secondary N) is 2. The number of benzene rings is 3. The SMILES string of the molecule is O=C(O)[C@@H]1C(c2ccccc2)CCN1c1ccc(Sc2ccc(NC3=NCCN3)cc2)cc1. The maximum Gasteiger partial charge on any atom is 0.326 e. The number of rotatable bonds is 6. The van der Waals surface area contributed by atoms with Crippen LogP contribution in [0, 0.1) is 0 Å². The van der Waals surface area contributed by atoms with E-state index >= 15 is 0 Å². The van der Waals surface area contributed by atoms with Crippen molar-refractivity contribution in [3.8, 4) is 0 Å². The number of hydrogen-bond acceptors (Lipinski definition) is 6. The first-order valence-corrected chi connectivity index (χ1v) is 12.0. The normalized spacial score (nSPS) is 19.8. The lowest BCUT2D eigenvalue weighted by Gasteiger charge is -2.27. The Morgan fingerprint density at radius 1 is 1.00 bits per heavy atom. The average molecular weight is 459 g/mol. The van der Waals surface area contributed by atoms with E-state index in [2.05, 4.69) is 39.9 Å². The van der Waals surface area contributed by atoms with Crippen molar-refractivity contribution < 1.29 is 9.90 Å². The summed E-state index contributed by atoms with van der Waals surface area (Å²) in [5.41, 5.74) is 3.05. The number of carboxylic acid groups (broad SMARTS) is 1. The summed E-state index contributed by atoms with van der Waals surface area (Å²) < 4.78 is 0. The van der Waals surface area contributed by atoms with E-state index in [-0.39, 0.29) is 5.92 Å². The van der Waals surface area contributed by atoms with Crippen molar-refractivity contribution in [1.29, 1.82) is 0 Å². The van der Waals surface area contributed by atoms with Crippen LogP contribution in [-0.2, 0) is 4.79 Å². The lowest BCUT2D eigenvalue weighted by atomic mass is 9.92. The fraction of sp³-hybridized carbons (Fsp3) is 0.231. The van der Waals surface area contributed by atoms with Gasteiger partial charge in [-0.05, 0) is 60.5 Å². The highest BCUT2D eigenvalue weighted by Crippen LogP contribution is 2.38. The molecule has 2 aliphatic heterocycles. The topological polar surface area (TPSA) is 77.0 Å². The van der Waals surface area contributed by atoms with Crippen LogP contribution in [0.25, 0.3) is 0 Å². The second kappa shape index (κ2) is 9.58. The minimum atomic E-state index is -0.771. The van der Waals surface area contributed by atoms with Gasteiger partial charge in [0.05, 0.1) is 6.54 Å². The molecule has 33 heavy (non-hydrogen) atoms. The minimum Gasteiger partial charge on any atom is -0.480 e. The summed E-state index contributed by atoms with van der Waals surface area (Å²) >= 11 is 1.69. The van der Waals surface area contributed by atoms with Gasteiger partial charge in [0, 0.05) is 40.2 Å². The van der Waals surface area contributed by atoms with E-state index in [4.69, 9.17) is 0 Å². The largest absolute Gasteiger partial charge is 0.480 e. The van der Waals surface area contributed by atoms with Crippen LogP contribution in [0.5, 0.6) is 0 Å². The van der Waals surface area contributed by atoms with Crippen LogP contribution >= 0.6 is 11.8 Å². The number of aliphatic carboxylic acids is 1. The van der Waals surface area contributed by atoms with Crippen LogP contribution in [-0.4, -0.2) is 42.7 Å². The Bertz CT molecular complexity index is 1130. The Morgan fingerprint density at radius 3 is 2.33 bits per heavy atom. The second-order valence-electron chi connectivity index (χ2n) is 8.18. The highest BCUT2D eigenvalue weighted by atomic mass is 32.2.